The lowest BCUT2D eigenvalue weighted by molar-refractivity contribution is -0.143. The summed E-state index contributed by atoms with van der Waals surface area (Å²) in [6, 6.07) is 8.36. The van der Waals surface area contributed by atoms with E-state index in [0.29, 0.717) is 6.61 Å². The quantitative estimate of drug-likeness (QED) is 0.899. The summed E-state index contributed by atoms with van der Waals surface area (Å²) in [6.07, 6.45) is 1.47. The molecule has 1 fully saturated rings. The van der Waals surface area contributed by atoms with Crippen LogP contribution in [-0.4, -0.2) is 35.7 Å². The topological polar surface area (TPSA) is 49.8 Å². The average Bonchev–Trinajstić information content (AvgIpc) is 2.47. The van der Waals surface area contributed by atoms with Gasteiger partial charge in [0, 0.05) is 11.6 Å². The van der Waals surface area contributed by atoms with E-state index in [0.717, 1.165) is 31.7 Å². The molecule has 1 unspecified atom stereocenters. The van der Waals surface area contributed by atoms with E-state index in [-0.39, 0.29) is 12.0 Å². The van der Waals surface area contributed by atoms with E-state index in [1.54, 1.807) is 0 Å². The van der Waals surface area contributed by atoms with E-state index in [1.165, 1.54) is 5.56 Å². The molecule has 1 N–H and O–H groups in total. The molecule has 0 radical (unpaired) electrons. The van der Waals surface area contributed by atoms with Crippen LogP contribution in [0.15, 0.2) is 24.3 Å². The van der Waals surface area contributed by atoms with Crippen molar-refractivity contribution in [2.75, 3.05) is 19.7 Å². The molecule has 1 heterocycles. The molecule has 0 aromatic heterocycles. The van der Waals surface area contributed by atoms with Crippen LogP contribution in [0.2, 0.25) is 0 Å². The van der Waals surface area contributed by atoms with Crippen LogP contribution < -0.4 is 4.74 Å². The number of carboxylic acid groups (broad SMARTS) is 1. The van der Waals surface area contributed by atoms with E-state index in [1.807, 2.05) is 25.1 Å². The van der Waals surface area contributed by atoms with Crippen LogP contribution in [0.4, 0.5) is 0 Å². The van der Waals surface area contributed by atoms with Gasteiger partial charge in [-0.05, 0) is 45.8 Å². The van der Waals surface area contributed by atoms with Crippen molar-refractivity contribution in [1.29, 1.82) is 0 Å². The van der Waals surface area contributed by atoms with Gasteiger partial charge in [0.2, 0.25) is 0 Å². The lowest BCUT2D eigenvalue weighted by Gasteiger charge is -2.35. The fraction of sp³-hybridized carbons (Fsp3) is 0.562. The number of carbonyl (C=O) groups is 1. The molecule has 0 amide bonds. The molecule has 2 rings (SSSR count). The van der Waals surface area contributed by atoms with E-state index in [2.05, 4.69) is 17.9 Å². The lowest BCUT2D eigenvalue weighted by Crippen LogP contribution is -2.37. The zero-order valence-electron chi connectivity index (χ0n) is 12.2. The van der Waals surface area contributed by atoms with Gasteiger partial charge in [-0.1, -0.05) is 18.2 Å². The molecule has 0 bridgehead atoms. The third-order valence-corrected chi connectivity index (χ3v) is 4.10. The van der Waals surface area contributed by atoms with Crippen LogP contribution in [0.5, 0.6) is 5.75 Å². The van der Waals surface area contributed by atoms with Gasteiger partial charge < -0.3 is 9.84 Å². The van der Waals surface area contributed by atoms with Crippen LogP contribution in [0, 0.1) is 5.92 Å². The van der Waals surface area contributed by atoms with Crippen molar-refractivity contribution in [3.63, 3.8) is 0 Å². The van der Waals surface area contributed by atoms with Gasteiger partial charge in [0.25, 0.3) is 0 Å². The van der Waals surface area contributed by atoms with Gasteiger partial charge in [0.1, 0.15) is 5.75 Å². The van der Waals surface area contributed by atoms with Crippen molar-refractivity contribution in [3.05, 3.63) is 29.8 Å². The Morgan fingerprint density at radius 1 is 1.40 bits per heavy atom. The molecule has 1 aromatic carbocycles. The Bertz CT molecular complexity index is 453. The monoisotopic (exact) mass is 277 g/mol. The maximum atomic E-state index is 11.0. The van der Waals surface area contributed by atoms with Gasteiger partial charge >= 0.3 is 5.97 Å². The number of benzene rings is 1. The second-order valence-corrected chi connectivity index (χ2v) is 5.30. The standard InChI is InChI=1S/C16H23NO3/c1-3-20-15-7-5-4-6-14(15)12(2)17-10-8-13(9-11-17)16(18)19/h4-7,12-13H,3,8-11H2,1-2H3,(H,18,19). The number of carboxylic acids is 1. The highest BCUT2D eigenvalue weighted by atomic mass is 16.5. The van der Waals surface area contributed by atoms with Crippen LogP contribution >= 0.6 is 0 Å². The zero-order chi connectivity index (χ0) is 14.5. The number of hydrogen-bond acceptors (Lipinski definition) is 3. The molecule has 1 atom stereocenters. The van der Waals surface area contributed by atoms with Gasteiger partial charge in [-0.2, -0.15) is 0 Å². The summed E-state index contributed by atoms with van der Waals surface area (Å²) in [7, 11) is 0. The molecule has 1 aliphatic heterocycles. The first-order valence-corrected chi connectivity index (χ1v) is 7.32. The third kappa shape index (κ3) is 3.31. The Morgan fingerprint density at radius 3 is 2.65 bits per heavy atom. The minimum Gasteiger partial charge on any atom is -0.494 e. The second-order valence-electron chi connectivity index (χ2n) is 5.30. The van der Waals surface area contributed by atoms with Gasteiger partial charge in [0.05, 0.1) is 12.5 Å². The van der Waals surface area contributed by atoms with Crippen molar-refractivity contribution in [2.24, 2.45) is 5.92 Å². The Labute approximate surface area is 120 Å². The van der Waals surface area contributed by atoms with E-state index < -0.39 is 5.97 Å². The van der Waals surface area contributed by atoms with Crippen molar-refractivity contribution in [2.45, 2.75) is 32.7 Å². The molecule has 1 aromatic rings. The highest BCUT2D eigenvalue weighted by Crippen LogP contribution is 2.32. The molecule has 20 heavy (non-hydrogen) atoms. The SMILES string of the molecule is CCOc1ccccc1C(C)N1CCC(C(=O)O)CC1. The minimum atomic E-state index is -0.660. The van der Waals surface area contributed by atoms with E-state index in [9.17, 15) is 4.79 Å². The van der Waals surface area contributed by atoms with Crippen LogP contribution in [-0.2, 0) is 4.79 Å². The third-order valence-electron chi connectivity index (χ3n) is 4.10. The van der Waals surface area contributed by atoms with Gasteiger partial charge in [-0.25, -0.2) is 0 Å². The normalized spacial score (nSPS) is 18.7. The molecule has 1 aliphatic rings. The maximum absolute atomic E-state index is 11.0. The Morgan fingerprint density at radius 2 is 2.05 bits per heavy atom. The van der Waals surface area contributed by atoms with Crippen molar-refractivity contribution in [1.82, 2.24) is 4.90 Å². The van der Waals surface area contributed by atoms with Crippen molar-refractivity contribution >= 4 is 5.97 Å². The number of piperidine rings is 1. The average molecular weight is 277 g/mol. The van der Waals surface area contributed by atoms with Gasteiger partial charge in [-0.3, -0.25) is 9.69 Å². The largest absolute Gasteiger partial charge is 0.494 e. The highest BCUT2D eigenvalue weighted by Gasteiger charge is 2.28. The summed E-state index contributed by atoms with van der Waals surface area (Å²) >= 11 is 0. The molecule has 110 valence electrons. The molecule has 4 heteroatoms. The summed E-state index contributed by atoms with van der Waals surface area (Å²) in [4.78, 5) is 13.3. The van der Waals surface area contributed by atoms with Crippen LogP contribution in [0.1, 0.15) is 38.3 Å². The van der Waals surface area contributed by atoms with Crippen molar-refractivity contribution < 1.29 is 14.6 Å². The molecule has 4 nitrogen and oxygen atoms in total. The summed E-state index contributed by atoms with van der Waals surface area (Å²) in [5, 5.41) is 9.06. The first-order valence-electron chi connectivity index (χ1n) is 7.32. The Balaban J connectivity index is 2.05. The van der Waals surface area contributed by atoms with Crippen LogP contribution in [0.3, 0.4) is 0 Å². The fourth-order valence-electron chi connectivity index (χ4n) is 2.84. The Kier molecular flexibility index (Phi) is 5.01. The summed E-state index contributed by atoms with van der Waals surface area (Å²) in [5.74, 6) is 0.0930. The number of rotatable bonds is 5. The van der Waals surface area contributed by atoms with E-state index >= 15 is 0 Å². The molecule has 0 spiro atoms. The smallest absolute Gasteiger partial charge is 0.306 e. The molecule has 0 saturated carbocycles. The predicted octanol–water partition coefficient (Wildman–Crippen LogP) is 2.94. The molecular weight excluding hydrogens is 254 g/mol. The minimum absolute atomic E-state index is 0.180. The van der Waals surface area contributed by atoms with Crippen LogP contribution in [0.25, 0.3) is 0 Å². The predicted molar refractivity (Wildman–Crippen MR) is 78.0 cm³/mol. The number of likely N-dealkylation sites (tertiary alicyclic amines) is 1. The highest BCUT2D eigenvalue weighted by molar-refractivity contribution is 5.70. The first-order chi connectivity index (χ1) is 9.63. The second kappa shape index (κ2) is 6.75. The summed E-state index contributed by atoms with van der Waals surface area (Å²) in [6.45, 7) is 6.47. The fourth-order valence-corrected chi connectivity index (χ4v) is 2.84. The lowest BCUT2D eigenvalue weighted by atomic mass is 9.94. The summed E-state index contributed by atoms with van der Waals surface area (Å²) < 4.78 is 5.69. The zero-order valence-corrected chi connectivity index (χ0v) is 12.2. The van der Waals surface area contributed by atoms with Gasteiger partial charge in [0.15, 0.2) is 0 Å². The number of nitrogens with zero attached hydrogens (tertiary/aromatic N) is 1. The molecule has 0 aliphatic carbocycles. The molecule has 1 saturated heterocycles. The number of ether oxygens (including phenoxy) is 1. The summed E-state index contributed by atoms with van der Waals surface area (Å²) in [5.41, 5.74) is 1.18. The maximum Gasteiger partial charge on any atom is 0.306 e. The number of aliphatic carboxylic acids is 1. The number of para-hydroxylation sites is 1. The van der Waals surface area contributed by atoms with E-state index in [4.69, 9.17) is 9.84 Å². The van der Waals surface area contributed by atoms with Crippen molar-refractivity contribution in [3.8, 4) is 5.75 Å². The van der Waals surface area contributed by atoms with Gasteiger partial charge in [-0.15, -0.1) is 0 Å². The number of hydrogen-bond donors (Lipinski definition) is 1. The first kappa shape index (κ1) is 14.9. The Hall–Kier alpha value is -1.55. The molecular formula is C16H23NO3.